The molecule has 1 aromatic rings. The Morgan fingerprint density at radius 2 is 2.20 bits per heavy atom. The summed E-state index contributed by atoms with van der Waals surface area (Å²) in [5.41, 5.74) is 2.54. The zero-order chi connectivity index (χ0) is 14.2. The standard InChI is InChI=1S/C17H25NO2/c1-17(2)10-12-6-4-7-13(16(12)20-17)11-18-14-8-5-9-15(14)19-3/h4,6-7,14-15,18H,5,8-11H2,1-3H3. The van der Waals surface area contributed by atoms with Crippen LogP contribution in [0.25, 0.3) is 0 Å². The summed E-state index contributed by atoms with van der Waals surface area (Å²) in [5, 5.41) is 3.65. The zero-order valence-electron chi connectivity index (χ0n) is 12.7. The molecule has 1 saturated carbocycles. The summed E-state index contributed by atoms with van der Waals surface area (Å²) in [6.07, 6.45) is 5.00. The van der Waals surface area contributed by atoms with E-state index < -0.39 is 0 Å². The molecular weight excluding hydrogens is 250 g/mol. The van der Waals surface area contributed by atoms with E-state index in [1.54, 1.807) is 0 Å². The van der Waals surface area contributed by atoms with Crippen LogP contribution in [0.4, 0.5) is 0 Å². The van der Waals surface area contributed by atoms with Gasteiger partial charge in [0.15, 0.2) is 0 Å². The number of nitrogens with one attached hydrogen (secondary N) is 1. The third-order valence-corrected chi connectivity index (χ3v) is 4.48. The Balaban J connectivity index is 1.69. The van der Waals surface area contributed by atoms with Gasteiger partial charge >= 0.3 is 0 Å². The molecule has 0 saturated heterocycles. The van der Waals surface area contributed by atoms with E-state index in [9.17, 15) is 0 Å². The van der Waals surface area contributed by atoms with E-state index in [2.05, 4.69) is 37.4 Å². The third-order valence-electron chi connectivity index (χ3n) is 4.48. The summed E-state index contributed by atoms with van der Waals surface area (Å²) in [4.78, 5) is 0. The summed E-state index contributed by atoms with van der Waals surface area (Å²) in [7, 11) is 1.82. The lowest BCUT2D eigenvalue weighted by Crippen LogP contribution is -2.36. The van der Waals surface area contributed by atoms with Gasteiger partial charge in [0.05, 0.1) is 6.10 Å². The van der Waals surface area contributed by atoms with Gasteiger partial charge in [-0.1, -0.05) is 18.2 Å². The summed E-state index contributed by atoms with van der Waals surface area (Å²) in [6, 6.07) is 6.97. The van der Waals surface area contributed by atoms with Crippen LogP contribution < -0.4 is 10.1 Å². The fourth-order valence-electron chi connectivity index (χ4n) is 3.50. The van der Waals surface area contributed by atoms with Crippen molar-refractivity contribution in [2.24, 2.45) is 0 Å². The number of hydrogen-bond donors (Lipinski definition) is 1. The average molecular weight is 275 g/mol. The summed E-state index contributed by atoms with van der Waals surface area (Å²) < 4.78 is 11.7. The van der Waals surface area contributed by atoms with Crippen LogP contribution in [0.3, 0.4) is 0 Å². The maximum atomic E-state index is 6.12. The molecular formula is C17H25NO2. The Morgan fingerprint density at radius 3 is 3.00 bits per heavy atom. The highest BCUT2D eigenvalue weighted by atomic mass is 16.5. The van der Waals surface area contributed by atoms with E-state index in [4.69, 9.17) is 9.47 Å². The number of hydrogen-bond acceptors (Lipinski definition) is 3. The molecule has 20 heavy (non-hydrogen) atoms. The first-order valence-electron chi connectivity index (χ1n) is 7.65. The lowest BCUT2D eigenvalue weighted by atomic mass is 10.0. The van der Waals surface area contributed by atoms with Crippen LogP contribution in [0.2, 0.25) is 0 Å². The Hall–Kier alpha value is -1.06. The first-order valence-corrected chi connectivity index (χ1v) is 7.65. The summed E-state index contributed by atoms with van der Waals surface area (Å²) >= 11 is 0. The molecule has 3 rings (SSSR count). The summed E-state index contributed by atoms with van der Waals surface area (Å²) in [5.74, 6) is 1.09. The molecule has 1 aromatic carbocycles. The largest absolute Gasteiger partial charge is 0.487 e. The molecule has 1 aliphatic heterocycles. The zero-order valence-corrected chi connectivity index (χ0v) is 12.7. The highest BCUT2D eigenvalue weighted by Crippen LogP contribution is 2.37. The molecule has 0 bridgehead atoms. The van der Waals surface area contributed by atoms with Crippen molar-refractivity contribution < 1.29 is 9.47 Å². The van der Waals surface area contributed by atoms with Gasteiger partial charge in [-0.05, 0) is 38.7 Å². The van der Waals surface area contributed by atoms with E-state index in [-0.39, 0.29) is 5.60 Å². The smallest absolute Gasteiger partial charge is 0.127 e. The van der Waals surface area contributed by atoms with Crippen molar-refractivity contribution in [1.82, 2.24) is 5.32 Å². The maximum absolute atomic E-state index is 6.12. The molecule has 1 aliphatic carbocycles. The van der Waals surface area contributed by atoms with Crippen molar-refractivity contribution in [2.75, 3.05) is 7.11 Å². The fraction of sp³-hybridized carbons (Fsp3) is 0.647. The van der Waals surface area contributed by atoms with Crippen molar-refractivity contribution in [1.29, 1.82) is 0 Å². The van der Waals surface area contributed by atoms with E-state index in [0.717, 1.165) is 18.7 Å². The van der Waals surface area contributed by atoms with Gasteiger partial charge in [-0.2, -0.15) is 0 Å². The normalized spacial score (nSPS) is 27.4. The van der Waals surface area contributed by atoms with Crippen LogP contribution in [0.5, 0.6) is 5.75 Å². The molecule has 1 fully saturated rings. The number of ether oxygens (including phenoxy) is 2. The second-order valence-corrected chi connectivity index (χ2v) is 6.64. The Morgan fingerprint density at radius 1 is 1.35 bits per heavy atom. The van der Waals surface area contributed by atoms with Crippen LogP contribution in [0, 0.1) is 0 Å². The number of para-hydroxylation sites is 1. The van der Waals surface area contributed by atoms with Gasteiger partial charge in [0.2, 0.25) is 0 Å². The molecule has 110 valence electrons. The van der Waals surface area contributed by atoms with Crippen molar-refractivity contribution in [3.8, 4) is 5.75 Å². The molecule has 2 atom stereocenters. The molecule has 1 N–H and O–H groups in total. The minimum Gasteiger partial charge on any atom is -0.487 e. The molecule has 0 spiro atoms. The summed E-state index contributed by atoms with van der Waals surface area (Å²) in [6.45, 7) is 5.17. The molecule has 3 nitrogen and oxygen atoms in total. The van der Waals surface area contributed by atoms with Crippen molar-refractivity contribution in [3.63, 3.8) is 0 Å². The van der Waals surface area contributed by atoms with Gasteiger partial charge in [0.25, 0.3) is 0 Å². The van der Waals surface area contributed by atoms with Crippen molar-refractivity contribution in [2.45, 2.75) is 63.8 Å². The first-order chi connectivity index (χ1) is 9.59. The Kier molecular flexibility index (Phi) is 3.74. The van der Waals surface area contributed by atoms with Gasteiger partial charge in [0.1, 0.15) is 11.4 Å². The van der Waals surface area contributed by atoms with Crippen LogP contribution in [-0.2, 0) is 17.7 Å². The molecule has 0 amide bonds. The lowest BCUT2D eigenvalue weighted by molar-refractivity contribution is 0.0844. The topological polar surface area (TPSA) is 30.5 Å². The number of fused-ring (bicyclic) bond motifs is 1. The Bertz CT molecular complexity index is 484. The van der Waals surface area contributed by atoms with E-state index in [0.29, 0.717) is 12.1 Å². The monoisotopic (exact) mass is 275 g/mol. The van der Waals surface area contributed by atoms with E-state index in [1.807, 2.05) is 7.11 Å². The van der Waals surface area contributed by atoms with Gasteiger partial charge < -0.3 is 14.8 Å². The Labute approximate surface area is 121 Å². The van der Waals surface area contributed by atoms with E-state index >= 15 is 0 Å². The fourth-order valence-corrected chi connectivity index (χ4v) is 3.50. The van der Waals surface area contributed by atoms with Gasteiger partial charge in [-0.15, -0.1) is 0 Å². The van der Waals surface area contributed by atoms with Gasteiger partial charge in [-0.3, -0.25) is 0 Å². The molecule has 0 aromatic heterocycles. The minimum absolute atomic E-state index is 0.0686. The second-order valence-electron chi connectivity index (χ2n) is 6.64. The van der Waals surface area contributed by atoms with Crippen LogP contribution >= 0.6 is 0 Å². The molecule has 0 radical (unpaired) electrons. The number of benzene rings is 1. The SMILES string of the molecule is COC1CCCC1NCc1cccc2c1OC(C)(C)C2. The molecule has 2 unspecified atom stereocenters. The maximum Gasteiger partial charge on any atom is 0.127 e. The van der Waals surface area contributed by atoms with Crippen LogP contribution in [0.1, 0.15) is 44.2 Å². The van der Waals surface area contributed by atoms with E-state index in [1.165, 1.54) is 30.4 Å². The third kappa shape index (κ3) is 2.70. The van der Waals surface area contributed by atoms with Gasteiger partial charge in [-0.25, -0.2) is 0 Å². The minimum atomic E-state index is -0.0686. The lowest BCUT2D eigenvalue weighted by Gasteiger charge is -2.21. The first kappa shape index (κ1) is 13.9. The van der Waals surface area contributed by atoms with Crippen LogP contribution in [0.15, 0.2) is 18.2 Å². The number of rotatable bonds is 4. The van der Waals surface area contributed by atoms with Gasteiger partial charge in [0, 0.05) is 31.7 Å². The highest BCUT2D eigenvalue weighted by Gasteiger charge is 2.32. The predicted molar refractivity (Wildman–Crippen MR) is 80.1 cm³/mol. The molecule has 3 heteroatoms. The second kappa shape index (κ2) is 5.38. The molecule has 1 heterocycles. The van der Waals surface area contributed by atoms with Crippen LogP contribution in [-0.4, -0.2) is 24.9 Å². The quantitative estimate of drug-likeness (QED) is 0.916. The van der Waals surface area contributed by atoms with Crippen molar-refractivity contribution in [3.05, 3.63) is 29.3 Å². The molecule has 2 aliphatic rings. The number of methoxy groups -OCH3 is 1. The predicted octanol–water partition coefficient (Wildman–Crippen LogP) is 3.06. The van der Waals surface area contributed by atoms with Crippen molar-refractivity contribution >= 4 is 0 Å². The highest BCUT2D eigenvalue weighted by molar-refractivity contribution is 5.45. The average Bonchev–Trinajstić information content (AvgIpc) is 2.97.